The molecule has 4 N–H and O–H groups in total. The van der Waals surface area contributed by atoms with Gasteiger partial charge < -0.3 is 21.1 Å². The van der Waals surface area contributed by atoms with Gasteiger partial charge in [0, 0.05) is 32.7 Å². The zero-order valence-corrected chi connectivity index (χ0v) is 18.5. The summed E-state index contributed by atoms with van der Waals surface area (Å²) >= 11 is 3.40. The predicted octanol–water partition coefficient (Wildman–Crippen LogP) is 4.91. The number of anilines is 2. The van der Waals surface area contributed by atoms with E-state index in [0.29, 0.717) is 27.2 Å². The maximum atomic E-state index is 12.5. The number of carbonyl (C=O) groups excluding carboxylic acids is 1. The third-order valence-corrected chi connectivity index (χ3v) is 6.25. The molecule has 7 heteroatoms. The van der Waals surface area contributed by atoms with Crippen LogP contribution in [0.5, 0.6) is 5.75 Å². The molecule has 0 heterocycles. The van der Waals surface area contributed by atoms with E-state index in [4.69, 9.17) is 15.7 Å². The van der Waals surface area contributed by atoms with Crippen LogP contribution in [0, 0.1) is 22.2 Å². The summed E-state index contributed by atoms with van der Waals surface area (Å²) in [7, 11) is 0. The second-order valence-corrected chi connectivity index (χ2v) is 9.40. The van der Waals surface area contributed by atoms with Crippen LogP contribution >= 0.6 is 15.9 Å². The summed E-state index contributed by atoms with van der Waals surface area (Å²) in [5, 5.41) is 15.0. The Morgan fingerprint density at radius 3 is 2.31 bits per heavy atom. The summed E-state index contributed by atoms with van der Waals surface area (Å²) in [4.78, 5) is 12.5. The molecule has 2 aromatic carbocycles. The molecule has 6 nitrogen and oxygen atoms in total. The van der Waals surface area contributed by atoms with Crippen molar-refractivity contribution in [3.05, 3.63) is 52.5 Å². The van der Waals surface area contributed by atoms with E-state index in [9.17, 15) is 4.79 Å². The molecule has 0 bridgehead atoms. The van der Waals surface area contributed by atoms with Crippen molar-refractivity contribution >= 4 is 33.3 Å². The Balaban J connectivity index is 1.69. The molecule has 1 saturated carbocycles. The van der Waals surface area contributed by atoms with E-state index in [2.05, 4.69) is 60.3 Å². The molecule has 0 aromatic heterocycles. The maximum Gasteiger partial charge on any atom is 0.319 e. The molecule has 0 aliphatic heterocycles. The second-order valence-electron chi connectivity index (χ2n) is 8.55. The number of hydrogen-bond acceptors (Lipinski definition) is 4. The Morgan fingerprint density at radius 1 is 1.14 bits per heavy atom. The number of hydrogen-bond donors (Lipinski definition) is 3. The number of carbonyl (C=O) groups is 1. The van der Waals surface area contributed by atoms with Gasteiger partial charge in [-0.1, -0.05) is 27.7 Å². The fourth-order valence-electron chi connectivity index (χ4n) is 4.46. The maximum absolute atomic E-state index is 12.5. The lowest BCUT2D eigenvalue weighted by Crippen LogP contribution is -2.75. The number of nitrogens with one attached hydrogen (secondary N) is 2. The van der Waals surface area contributed by atoms with Crippen molar-refractivity contribution in [3.63, 3.8) is 0 Å². The number of urea groups is 1. The van der Waals surface area contributed by atoms with Crippen LogP contribution in [0.15, 0.2) is 46.9 Å². The van der Waals surface area contributed by atoms with E-state index in [1.807, 2.05) is 0 Å². The van der Waals surface area contributed by atoms with Crippen molar-refractivity contribution in [1.82, 2.24) is 5.32 Å². The Kier molecular flexibility index (Phi) is 5.50. The van der Waals surface area contributed by atoms with E-state index in [1.54, 1.807) is 42.5 Å². The van der Waals surface area contributed by atoms with Crippen LogP contribution in [-0.2, 0) is 0 Å². The van der Waals surface area contributed by atoms with Crippen molar-refractivity contribution in [3.8, 4) is 11.8 Å². The molecular formula is C22H25BrN4O2. The van der Waals surface area contributed by atoms with Gasteiger partial charge >= 0.3 is 6.03 Å². The first kappa shape index (κ1) is 21.0. The lowest BCUT2D eigenvalue weighted by Gasteiger charge is -2.63. The molecule has 1 fully saturated rings. The number of nitrogen functional groups attached to an aromatic ring is 1. The SMILES string of the molecule is CC1(C)C(NC(=O)Nc2ccc(N)cc2)C(C)(C)C1Oc1ccc(C#N)c(Br)c1. The lowest BCUT2D eigenvalue weighted by molar-refractivity contribution is -0.163. The smallest absolute Gasteiger partial charge is 0.319 e. The zero-order chi connectivity index (χ0) is 21.4. The number of nitrogens with two attached hydrogens (primary N) is 1. The predicted molar refractivity (Wildman–Crippen MR) is 118 cm³/mol. The summed E-state index contributed by atoms with van der Waals surface area (Å²) in [5.74, 6) is 0.687. The number of benzene rings is 2. The number of halogens is 1. The molecule has 0 spiro atoms. The number of rotatable bonds is 4. The number of ether oxygens (including phenoxy) is 1. The molecule has 29 heavy (non-hydrogen) atoms. The Labute approximate surface area is 179 Å². The fraction of sp³-hybridized carbons (Fsp3) is 0.364. The van der Waals surface area contributed by atoms with Crippen molar-refractivity contribution < 1.29 is 9.53 Å². The number of nitrogens with zero attached hydrogens (tertiary/aromatic N) is 1. The number of amides is 2. The molecule has 0 unspecified atom stereocenters. The molecule has 0 radical (unpaired) electrons. The first-order valence-corrected chi connectivity index (χ1v) is 10.1. The highest BCUT2D eigenvalue weighted by Gasteiger charge is 2.64. The van der Waals surface area contributed by atoms with Crippen LogP contribution in [0.1, 0.15) is 33.3 Å². The van der Waals surface area contributed by atoms with Crippen molar-refractivity contribution in [2.75, 3.05) is 11.1 Å². The van der Waals surface area contributed by atoms with Crippen LogP contribution in [0.25, 0.3) is 0 Å². The zero-order valence-electron chi connectivity index (χ0n) is 16.9. The van der Waals surface area contributed by atoms with Gasteiger partial charge in [-0.25, -0.2) is 4.79 Å². The van der Waals surface area contributed by atoms with Gasteiger partial charge in [-0.15, -0.1) is 0 Å². The highest BCUT2D eigenvalue weighted by molar-refractivity contribution is 9.10. The largest absolute Gasteiger partial charge is 0.489 e. The van der Waals surface area contributed by atoms with Crippen LogP contribution in [-0.4, -0.2) is 18.2 Å². The van der Waals surface area contributed by atoms with E-state index in [1.165, 1.54) is 0 Å². The van der Waals surface area contributed by atoms with E-state index < -0.39 is 0 Å². The number of nitriles is 1. The minimum Gasteiger partial charge on any atom is -0.489 e. The van der Waals surface area contributed by atoms with Crippen LogP contribution in [0.2, 0.25) is 0 Å². The van der Waals surface area contributed by atoms with Crippen LogP contribution in [0.4, 0.5) is 16.2 Å². The van der Waals surface area contributed by atoms with Gasteiger partial charge in [0.2, 0.25) is 0 Å². The second kappa shape index (κ2) is 7.60. The topological polar surface area (TPSA) is 100 Å². The molecule has 1 aliphatic carbocycles. The monoisotopic (exact) mass is 456 g/mol. The van der Waals surface area contributed by atoms with Gasteiger partial charge in [0.15, 0.2) is 0 Å². The minimum atomic E-state index is -0.289. The normalized spacial score (nSPS) is 21.4. The van der Waals surface area contributed by atoms with Crippen molar-refractivity contribution in [2.24, 2.45) is 10.8 Å². The molecule has 152 valence electrons. The molecule has 1 aliphatic rings. The molecular weight excluding hydrogens is 432 g/mol. The third kappa shape index (κ3) is 4.03. The van der Waals surface area contributed by atoms with Gasteiger partial charge in [0.25, 0.3) is 0 Å². The van der Waals surface area contributed by atoms with E-state index in [0.717, 1.165) is 0 Å². The molecule has 0 saturated heterocycles. The summed E-state index contributed by atoms with van der Waals surface area (Å²) in [5.41, 5.74) is 6.99. The summed E-state index contributed by atoms with van der Waals surface area (Å²) in [6, 6.07) is 14.1. The first-order valence-electron chi connectivity index (χ1n) is 9.35. The quantitative estimate of drug-likeness (QED) is 0.568. The minimum absolute atomic E-state index is 0.0874. The Hall–Kier alpha value is -2.72. The Morgan fingerprint density at radius 2 is 1.76 bits per heavy atom. The van der Waals surface area contributed by atoms with Crippen LogP contribution < -0.4 is 21.1 Å². The van der Waals surface area contributed by atoms with Gasteiger partial charge in [-0.2, -0.15) is 5.26 Å². The van der Waals surface area contributed by atoms with Crippen LogP contribution in [0.3, 0.4) is 0 Å². The van der Waals surface area contributed by atoms with Crippen molar-refractivity contribution in [1.29, 1.82) is 5.26 Å². The fourth-order valence-corrected chi connectivity index (χ4v) is 4.91. The van der Waals surface area contributed by atoms with Gasteiger partial charge in [-0.05, 0) is 58.4 Å². The highest BCUT2D eigenvalue weighted by atomic mass is 79.9. The lowest BCUT2D eigenvalue weighted by atomic mass is 9.49. The molecule has 2 amide bonds. The Bertz CT molecular complexity index is 948. The first-order chi connectivity index (χ1) is 13.6. The average Bonchev–Trinajstić information content (AvgIpc) is 2.66. The summed E-state index contributed by atoms with van der Waals surface area (Å²) in [6.45, 7) is 8.32. The highest BCUT2D eigenvalue weighted by Crippen LogP contribution is 2.55. The van der Waals surface area contributed by atoms with E-state index >= 15 is 0 Å². The van der Waals surface area contributed by atoms with Gasteiger partial charge in [-0.3, -0.25) is 0 Å². The molecule has 0 atom stereocenters. The molecule has 3 rings (SSSR count). The standard InChI is InChI=1S/C22H25BrN4O2/c1-21(2)18(27-20(28)26-15-8-6-14(25)7-9-15)22(3,4)19(21)29-16-10-5-13(12-24)17(23)11-16/h5-11,18-19H,25H2,1-4H3,(H2,26,27,28). The summed E-state index contributed by atoms with van der Waals surface area (Å²) in [6.07, 6.45) is -0.114. The van der Waals surface area contributed by atoms with Gasteiger partial charge in [0.1, 0.15) is 17.9 Å². The average molecular weight is 457 g/mol. The van der Waals surface area contributed by atoms with E-state index in [-0.39, 0.29) is 29.0 Å². The van der Waals surface area contributed by atoms with Gasteiger partial charge in [0.05, 0.1) is 5.56 Å². The summed E-state index contributed by atoms with van der Waals surface area (Å²) < 4.78 is 6.98. The van der Waals surface area contributed by atoms with Crippen molar-refractivity contribution in [2.45, 2.75) is 39.8 Å². The molecule has 2 aromatic rings. The third-order valence-electron chi connectivity index (χ3n) is 5.60.